The minimum atomic E-state index is -3.78. The molecule has 7 heteroatoms. The molecule has 0 radical (unpaired) electrons. The molecule has 3 rings (SSSR count). The molecule has 0 aromatic heterocycles. The monoisotopic (exact) mass is 386 g/mol. The number of halogens is 1. The predicted octanol–water partition coefficient (Wildman–Crippen LogP) is 3.29. The Morgan fingerprint density at radius 3 is 2.48 bits per heavy atom. The van der Waals surface area contributed by atoms with Crippen LogP contribution in [-0.2, 0) is 10.0 Å². The molecule has 0 N–H and O–H groups in total. The number of Topliss-reactive ketones (excluding diaryl/α,β-unsaturated/α-hetero) is 1. The highest BCUT2D eigenvalue weighted by Crippen LogP contribution is 2.28. The van der Waals surface area contributed by atoms with Crippen molar-refractivity contribution in [1.29, 1.82) is 5.26 Å². The first-order chi connectivity index (χ1) is 12.8. The van der Waals surface area contributed by atoms with E-state index in [0.717, 1.165) is 0 Å². The summed E-state index contributed by atoms with van der Waals surface area (Å²) in [5.74, 6) is -0.747. The lowest BCUT2D eigenvalue weighted by Gasteiger charge is -2.30. The number of benzene rings is 2. The van der Waals surface area contributed by atoms with Gasteiger partial charge in [0.2, 0.25) is 10.0 Å². The lowest BCUT2D eigenvalue weighted by atomic mass is 9.89. The molecule has 5 nitrogen and oxygen atoms in total. The fraction of sp³-hybridized carbons (Fsp3) is 0.300. The van der Waals surface area contributed by atoms with Gasteiger partial charge in [-0.2, -0.15) is 9.57 Å². The van der Waals surface area contributed by atoms with Crippen molar-refractivity contribution < 1.29 is 17.6 Å². The molecular weight excluding hydrogens is 367 g/mol. The fourth-order valence-electron chi connectivity index (χ4n) is 3.32. The Bertz CT molecular complexity index is 1020. The van der Waals surface area contributed by atoms with Crippen molar-refractivity contribution in [3.05, 3.63) is 65.0 Å². The first kappa shape index (κ1) is 19.2. The SMILES string of the molecule is Cc1cc(C(=O)C2CCN(S(=O)(=O)c3ccccc3C#N)CC2)ccc1F. The maximum Gasteiger partial charge on any atom is 0.244 e. The topological polar surface area (TPSA) is 78.2 Å². The number of carbonyl (C=O) groups is 1. The molecule has 0 bridgehead atoms. The lowest BCUT2D eigenvalue weighted by Crippen LogP contribution is -2.40. The zero-order chi connectivity index (χ0) is 19.6. The van der Waals surface area contributed by atoms with Crippen LogP contribution < -0.4 is 0 Å². The standard InChI is InChI=1S/C20H19FN2O3S/c1-14-12-16(6-7-18(14)21)20(24)15-8-10-23(11-9-15)27(25,26)19-5-3-2-4-17(19)13-22/h2-7,12,15H,8-11H2,1H3. The van der Waals surface area contributed by atoms with E-state index < -0.39 is 10.0 Å². The molecule has 1 heterocycles. The summed E-state index contributed by atoms with van der Waals surface area (Å²) in [6.07, 6.45) is 0.784. The van der Waals surface area contributed by atoms with Crippen molar-refractivity contribution in [2.24, 2.45) is 5.92 Å². The van der Waals surface area contributed by atoms with Crippen LogP contribution in [0.1, 0.15) is 34.3 Å². The molecule has 140 valence electrons. The van der Waals surface area contributed by atoms with E-state index in [2.05, 4.69) is 0 Å². The zero-order valence-electron chi connectivity index (χ0n) is 14.9. The summed E-state index contributed by atoms with van der Waals surface area (Å²) in [5, 5.41) is 9.16. The first-order valence-electron chi connectivity index (χ1n) is 8.64. The molecular formula is C20H19FN2O3S. The van der Waals surface area contributed by atoms with Crippen molar-refractivity contribution in [2.75, 3.05) is 13.1 Å². The number of hydrogen-bond donors (Lipinski definition) is 0. The van der Waals surface area contributed by atoms with Gasteiger partial charge in [0, 0.05) is 24.6 Å². The normalized spacial score (nSPS) is 16.0. The van der Waals surface area contributed by atoms with Crippen molar-refractivity contribution in [3.63, 3.8) is 0 Å². The maximum absolute atomic E-state index is 13.4. The molecule has 0 spiro atoms. The highest BCUT2D eigenvalue weighted by Gasteiger charge is 2.33. The van der Waals surface area contributed by atoms with E-state index in [0.29, 0.717) is 24.0 Å². The molecule has 1 aliphatic heterocycles. The Morgan fingerprint density at radius 2 is 1.85 bits per heavy atom. The van der Waals surface area contributed by atoms with Crippen LogP contribution in [0.2, 0.25) is 0 Å². The summed E-state index contributed by atoms with van der Waals surface area (Å²) in [6, 6.07) is 12.3. The molecule has 1 aliphatic rings. The Morgan fingerprint density at radius 1 is 1.19 bits per heavy atom. The van der Waals surface area contributed by atoms with Crippen LogP contribution in [0.15, 0.2) is 47.4 Å². The van der Waals surface area contributed by atoms with Crippen LogP contribution in [0.5, 0.6) is 0 Å². The largest absolute Gasteiger partial charge is 0.294 e. The summed E-state index contributed by atoms with van der Waals surface area (Å²) in [4.78, 5) is 12.6. The van der Waals surface area contributed by atoms with Crippen LogP contribution in [-0.4, -0.2) is 31.6 Å². The van der Waals surface area contributed by atoms with Gasteiger partial charge in [-0.1, -0.05) is 12.1 Å². The van der Waals surface area contributed by atoms with Gasteiger partial charge in [-0.15, -0.1) is 0 Å². The molecule has 1 fully saturated rings. The minimum absolute atomic E-state index is 0.00793. The maximum atomic E-state index is 13.4. The van der Waals surface area contributed by atoms with Crippen LogP contribution in [0.3, 0.4) is 0 Å². The number of ketones is 1. The number of nitrogens with zero attached hydrogens (tertiary/aromatic N) is 2. The van der Waals surface area contributed by atoms with Crippen LogP contribution in [0.4, 0.5) is 4.39 Å². The third kappa shape index (κ3) is 3.77. The van der Waals surface area contributed by atoms with Gasteiger partial charge >= 0.3 is 0 Å². The summed E-state index contributed by atoms with van der Waals surface area (Å²) >= 11 is 0. The van der Waals surface area contributed by atoms with Gasteiger partial charge < -0.3 is 0 Å². The number of aryl methyl sites for hydroxylation is 1. The Balaban J connectivity index is 1.74. The Kier molecular flexibility index (Phi) is 5.40. The highest BCUT2D eigenvalue weighted by molar-refractivity contribution is 7.89. The third-order valence-electron chi connectivity index (χ3n) is 4.89. The Hall–Kier alpha value is -2.56. The second-order valence-electron chi connectivity index (χ2n) is 6.61. The third-order valence-corrected chi connectivity index (χ3v) is 6.85. The van der Waals surface area contributed by atoms with E-state index in [-0.39, 0.29) is 41.1 Å². The second kappa shape index (κ2) is 7.59. The molecule has 0 amide bonds. The summed E-state index contributed by atoms with van der Waals surface area (Å²) in [6.45, 7) is 2.02. The van der Waals surface area contributed by atoms with E-state index in [1.165, 1.54) is 34.6 Å². The Labute approximate surface area is 158 Å². The summed E-state index contributed by atoms with van der Waals surface area (Å²) in [7, 11) is -3.78. The molecule has 0 aliphatic carbocycles. The van der Waals surface area contributed by atoms with Gasteiger partial charge in [-0.25, -0.2) is 12.8 Å². The van der Waals surface area contributed by atoms with Crippen molar-refractivity contribution in [1.82, 2.24) is 4.31 Å². The first-order valence-corrected chi connectivity index (χ1v) is 10.1. The molecule has 0 saturated carbocycles. The molecule has 2 aromatic rings. The van der Waals surface area contributed by atoms with Gasteiger partial charge in [-0.3, -0.25) is 4.79 Å². The molecule has 0 unspecified atom stereocenters. The quantitative estimate of drug-likeness (QED) is 0.756. The minimum Gasteiger partial charge on any atom is -0.294 e. The van der Waals surface area contributed by atoms with Gasteiger partial charge in [-0.05, 0) is 55.7 Å². The summed E-state index contributed by atoms with van der Waals surface area (Å²) in [5.41, 5.74) is 0.969. The van der Waals surface area contributed by atoms with E-state index >= 15 is 0 Å². The molecule has 2 aromatic carbocycles. The highest BCUT2D eigenvalue weighted by atomic mass is 32.2. The van der Waals surface area contributed by atoms with Gasteiger partial charge in [0.15, 0.2) is 5.78 Å². The molecule has 27 heavy (non-hydrogen) atoms. The van der Waals surface area contributed by atoms with E-state index in [1.54, 1.807) is 19.1 Å². The predicted molar refractivity (Wildman–Crippen MR) is 98.1 cm³/mol. The second-order valence-corrected chi connectivity index (χ2v) is 8.52. The van der Waals surface area contributed by atoms with Crippen molar-refractivity contribution in [2.45, 2.75) is 24.7 Å². The van der Waals surface area contributed by atoms with E-state index in [4.69, 9.17) is 5.26 Å². The summed E-state index contributed by atoms with van der Waals surface area (Å²) < 4.78 is 40.4. The average Bonchev–Trinajstić information content (AvgIpc) is 2.69. The van der Waals surface area contributed by atoms with Crippen LogP contribution >= 0.6 is 0 Å². The zero-order valence-corrected chi connectivity index (χ0v) is 15.7. The number of nitriles is 1. The average molecular weight is 386 g/mol. The van der Waals surface area contributed by atoms with Crippen molar-refractivity contribution in [3.8, 4) is 6.07 Å². The molecule has 1 saturated heterocycles. The lowest BCUT2D eigenvalue weighted by molar-refractivity contribution is 0.0875. The van der Waals surface area contributed by atoms with Gasteiger partial charge in [0.05, 0.1) is 10.5 Å². The number of carbonyl (C=O) groups excluding carboxylic acids is 1. The number of rotatable bonds is 4. The van der Waals surface area contributed by atoms with Crippen LogP contribution in [0, 0.1) is 30.0 Å². The number of sulfonamides is 1. The smallest absolute Gasteiger partial charge is 0.244 e. The van der Waals surface area contributed by atoms with Crippen molar-refractivity contribution >= 4 is 15.8 Å². The number of piperidine rings is 1. The van der Waals surface area contributed by atoms with Crippen LogP contribution in [0.25, 0.3) is 0 Å². The number of hydrogen-bond acceptors (Lipinski definition) is 4. The van der Waals surface area contributed by atoms with Gasteiger partial charge in [0.25, 0.3) is 0 Å². The van der Waals surface area contributed by atoms with Gasteiger partial charge in [0.1, 0.15) is 11.9 Å². The molecule has 0 atom stereocenters. The van der Waals surface area contributed by atoms with E-state index in [9.17, 15) is 17.6 Å². The van der Waals surface area contributed by atoms with E-state index in [1.807, 2.05) is 6.07 Å². The fourth-order valence-corrected chi connectivity index (χ4v) is 4.93.